The van der Waals surface area contributed by atoms with E-state index in [4.69, 9.17) is 0 Å². The summed E-state index contributed by atoms with van der Waals surface area (Å²) >= 11 is 0. The van der Waals surface area contributed by atoms with E-state index in [1.54, 1.807) is 0 Å². The molecule has 0 atom stereocenters. The molecule has 0 aromatic heterocycles. The summed E-state index contributed by atoms with van der Waals surface area (Å²) in [5.41, 5.74) is 1.67. The van der Waals surface area contributed by atoms with Crippen molar-refractivity contribution < 1.29 is 18.3 Å². The number of hydrogen-bond donors (Lipinski definition) is 2. The zero-order valence-corrected chi connectivity index (χ0v) is 11.5. The van der Waals surface area contributed by atoms with Gasteiger partial charge >= 0.3 is 6.18 Å². The number of para-hydroxylation sites is 1. The number of halogens is 3. The molecule has 0 fully saturated rings. The van der Waals surface area contributed by atoms with Crippen LogP contribution in [0.4, 0.5) is 13.2 Å². The van der Waals surface area contributed by atoms with Gasteiger partial charge in [-0.3, -0.25) is 0 Å². The summed E-state index contributed by atoms with van der Waals surface area (Å²) in [5, 5.41) is 13.0. The van der Waals surface area contributed by atoms with Crippen molar-refractivity contribution in [3.63, 3.8) is 0 Å². The van der Waals surface area contributed by atoms with Crippen LogP contribution in [0.15, 0.2) is 42.5 Å². The molecule has 0 spiro atoms. The van der Waals surface area contributed by atoms with Gasteiger partial charge in [0.15, 0.2) is 0 Å². The third-order valence-electron chi connectivity index (χ3n) is 3.25. The number of hydrogen-bond acceptors (Lipinski definition) is 2. The molecule has 0 unspecified atom stereocenters. The van der Waals surface area contributed by atoms with Gasteiger partial charge in [0, 0.05) is 18.7 Å². The number of benzene rings is 2. The van der Waals surface area contributed by atoms with E-state index in [-0.39, 0.29) is 5.75 Å². The monoisotopic (exact) mass is 295 g/mol. The van der Waals surface area contributed by atoms with E-state index in [9.17, 15) is 18.3 Å². The second-order valence-electron chi connectivity index (χ2n) is 4.88. The van der Waals surface area contributed by atoms with Crippen molar-refractivity contribution in [2.75, 3.05) is 0 Å². The Labute approximate surface area is 121 Å². The molecule has 0 saturated carbocycles. The molecule has 0 radical (unpaired) electrons. The fourth-order valence-corrected chi connectivity index (χ4v) is 2.02. The van der Waals surface area contributed by atoms with E-state index in [0.717, 1.165) is 28.8 Å². The average molecular weight is 295 g/mol. The predicted octanol–water partition coefficient (Wildman–Crippen LogP) is 4.01. The fourth-order valence-electron chi connectivity index (χ4n) is 2.02. The molecule has 2 aromatic carbocycles. The number of alkyl halides is 3. The van der Waals surface area contributed by atoms with E-state index < -0.39 is 11.7 Å². The van der Waals surface area contributed by atoms with Crippen molar-refractivity contribution >= 4 is 0 Å². The fraction of sp³-hybridized carbons (Fsp3) is 0.250. The molecule has 2 N–H and O–H groups in total. The van der Waals surface area contributed by atoms with Gasteiger partial charge in [0.2, 0.25) is 0 Å². The molecule has 0 aliphatic heterocycles. The Morgan fingerprint density at radius 2 is 1.67 bits per heavy atom. The lowest BCUT2D eigenvalue weighted by Crippen LogP contribution is -2.13. The Hall–Kier alpha value is -2.01. The van der Waals surface area contributed by atoms with E-state index >= 15 is 0 Å². The molecule has 0 amide bonds. The minimum Gasteiger partial charge on any atom is -0.507 e. The van der Waals surface area contributed by atoms with E-state index in [0.29, 0.717) is 13.1 Å². The lowest BCUT2D eigenvalue weighted by atomic mass is 10.1. The molecule has 0 heterocycles. The summed E-state index contributed by atoms with van der Waals surface area (Å²) < 4.78 is 37.3. The maximum atomic E-state index is 12.4. The number of nitrogens with one attached hydrogen (secondary N) is 1. The molecular weight excluding hydrogens is 279 g/mol. The summed E-state index contributed by atoms with van der Waals surface area (Å²) in [6, 6.07) is 10.5. The Kier molecular flexibility index (Phi) is 4.53. The molecule has 21 heavy (non-hydrogen) atoms. The minimum absolute atomic E-state index is 0.248. The Balaban J connectivity index is 1.93. The van der Waals surface area contributed by atoms with Crippen LogP contribution in [0.1, 0.15) is 22.3 Å². The summed E-state index contributed by atoms with van der Waals surface area (Å²) in [6.45, 7) is 2.70. The molecule has 0 aliphatic carbocycles. The average Bonchev–Trinajstić information content (AvgIpc) is 2.43. The molecule has 0 bridgehead atoms. The van der Waals surface area contributed by atoms with Crippen LogP contribution < -0.4 is 5.32 Å². The van der Waals surface area contributed by atoms with Crippen molar-refractivity contribution in [1.29, 1.82) is 0 Å². The highest BCUT2D eigenvalue weighted by Crippen LogP contribution is 2.29. The highest BCUT2D eigenvalue weighted by atomic mass is 19.4. The normalized spacial score (nSPS) is 11.6. The van der Waals surface area contributed by atoms with Crippen LogP contribution in [-0.4, -0.2) is 5.11 Å². The standard InChI is InChI=1S/C16H16F3NO/c1-11-3-2-4-13(15(11)21)10-20-9-12-5-7-14(8-6-12)16(17,18)19/h2-8,20-21H,9-10H2,1H3. The SMILES string of the molecule is Cc1cccc(CNCc2ccc(C(F)(F)F)cc2)c1O. The van der Waals surface area contributed by atoms with Crippen molar-refractivity contribution in [3.8, 4) is 5.75 Å². The van der Waals surface area contributed by atoms with Crippen molar-refractivity contribution in [1.82, 2.24) is 5.32 Å². The Morgan fingerprint density at radius 3 is 2.29 bits per heavy atom. The molecule has 2 rings (SSSR count). The molecule has 0 saturated heterocycles. The molecule has 0 aliphatic rings. The van der Waals surface area contributed by atoms with Crippen molar-refractivity contribution in [3.05, 3.63) is 64.7 Å². The largest absolute Gasteiger partial charge is 0.507 e. The summed E-state index contributed by atoms with van der Waals surface area (Å²) in [6.07, 6.45) is -4.31. The number of phenols is 1. The van der Waals surface area contributed by atoms with Gasteiger partial charge in [-0.05, 0) is 30.2 Å². The van der Waals surface area contributed by atoms with Gasteiger partial charge in [0.25, 0.3) is 0 Å². The summed E-state index contributed by atoms with van der Waals surface area (Å²) in [4.78, 5) is 0. The van der Waals surface area contributed by atoms with Crippen molar-refractivity contribution in [2.45, 2.75) is 26.2 Å². The first kappa shape index (κ1) is 15.4. The van der Waals surface area contributed by atoms with Gasteiger partial charge < -0.3 is 10.4 Å². The molecule has 112 valence electrons. The smallest absolute Gasteiger partial charge is 0.416 e. The first-order chi connectivity index (χ1) is 9.88. The van der Waals surface area contributed by atoms with Crippen LogP contribution in [0.25, 0.3) is 0 Å². The Morgan fingerprint density at radius 1 is 1.00 bits per heavy atom. The third-order valence-corrected chi connectivity index (χ3v) is 3.25. The lowest BCUT2D eigenvalue weighted by molar-refractivity contribution is -0.137. The third kappa shape index (κ3) is 3.98. The van der Waals surface area contributed by atoms with Gasteiger partial charge in [-0.1, -0.05) is 30.3 Å². The van der Waals surface area contributed by atoms with Gasteiger partial charge in [-0.15, -0.1) is 0 Å². The molecule has 2 nitrogen and oxygen atoms in total. The number of phenolic OH excluding ortho intramolecular Hbond substituents is 1. The maximum absolute atomic E-state index is 12.4. The van der Waals surface area contributed by atoms with Gasteiger partial charge in [0.1, 0.15) is 5.75 Å². The van der Waals surface area contributed by atoms with Gasteiger partial charge in [-0.25, -0.2) is 0 Å². The zero-order chi connectivity index (χ0) is 15.5. The van der Waals surface area contributed by atoms with Crippen LogP contribution >= 0.6 is 0 Å². The van der Waals surface area contributed by atoms with Crippen LogP contribution in [0.5, 0.6) is 5.75 Å². The van der Waals surface area contributed by atoms with E-state index in [1.165, 1.54) is 12.1 Å². The van der Waals surface area contributed by atoms with Crippen LogP contribution in [-0.2, 0) is 19.3 Å². The minimum atomic E-state index is -4.31. The summed E-state index contributed by atoms with van der Waals surface area (Å²) in [7, 11) is 0. The quantitative estimate of drug-likeness (QED) is 0.893. The number of aryl methyl sites for hydroxylation is 1. The van der Waals surface area contributed by atoms with E-state index in [1.807, 2.05) is 25.1 Å². The van der Waals surface area contributed by atoms with Crippen LogP contribution in [0.3, 0.4) is 0 Å². The second-order valence-corrected chi connectivity index (χ2v) is 4.88. The second kappa shape index (κ2) is 6.18. The molecular formula is C16H16F3NO. The lowest BCUT2D eigenvalue weighted by Gasteiger charge is -2.10. The van der Waals surface area contributed by atoms with Gasteiger partial charge in [-0.2, -0.15) is 13.2 Å². The summed E-state index contributed by atoms with van der Waals surface area (Å²) in [5.74, 6) is 0.248. The number of rotatable bonds is 4. The van der Waals surface area contributed by atoms with Crippen molar-refractivity contribution in [2.24, 2.45) is 0 Å². The van der Waals surface area contributed by atoms with E-state index in [2.05, 4.69) is 5.32 Å². The predicted molar refractivity (Wildman–Crippen MR) is 74.8 cm³/mol. The Bertz CT molecular complexity index is 606. The topological polar surface area (TPSA) is 32.3 Å². The van der Waals surface area contributed by atoms with Crippen LogP contribution in [0.2, 0.25) is 0 Å². The first-order valence-corrected chi connectivity index (χ1v) is 6.52. The molecule has 2 aromatic rings. The first-order valence-electron chi connectivity index (χ1n) is 6.52. The number of aromatic hydroxyl groups is 1. The highest BCUT2D eigenvalue weighted by Gasteiger charge is 2.29. The van der Waals surface area contributed by atoms with Gasteiger partial charge in [0.05, 0.1) is 5.56 Å². The molecule has 5 heteroatoms. The maximum Gasteiger partial charge on any atom is 0.416 e. The van der Waals surface area contributed by atoms with Crippen LogP contribution in [0, 0.1) is 6.92 Å². The highest BCUT2D eigenvalue weighted by molar-refractivity contribution is 5.39. The zero-order valence-electron chi connectivity index (χ0n) is 11.5.